The maximum Gasteiger partial charge on any atom is 0.275 e. The predicted molar refractivity (Wildman–Crippen MR) is 92.7 cm³/mol. The lowest BCUT2D eigenvalue weighted by atomic mass is 10.1. The number of furan rings is 1. The third-order valence-corrected chi connectivity index (χ3v) is 4.44. The SMILES string of the molecule is O=C(c1n[nH]c2c1CNCC2)N(Cc1ccccc1)Cc1ccco1. The van der Waals surface area contributed by atoms with Crippen LogP contribution in [0.2, 0.25) is 0 Å². The number of aromatic amines is 1. The van der Waals surface area contributed by atoms with E-state index in [4.69, 9.17) is 4.42 Å². The van der Waals surface area contributed by atoms with Crippen molar-refractivity contribution >= 4 is 5.91 Å². The number of hydrogen-bond donors (Lipinski definition) is 2. The van der Waals surface area contributed by atoms with Crippen LogP contribution in [0.1, 0.15) is 33.1 Å². The van der Waals surface area contributed by atoms with E-state index >= 15 is 0 Å². The summed E-state index contributed by atoms with van der Waals surface area (Å²) in [7, 11) is 0. The number of nitrogens with zero attached hydrogens (tertiary/aromatic N) is 2. The summed E-state index contributed by atoms with van der Waals surface area (Å²) in [6.07, 6.45) is 2.49. The van der Waals surface area contributed by atoms with E-state index in [1.54, 1.807) is 11.2 Å². The second kappa shape index (κ2) is 6.94. The molecular weight excluding hydrogens is 316 g/mol. The number of benzene rings is 1. The molecule has 0 radical (unpaired) electrons. The molecule has 1 amide bonds. The molecular formula is C19H20N4O2. The maximum atomic E-state index is 13.2. The van der Waals surface area contributed by atoms with Crippen molar-refractivity contribution in [3.8, 4) is 0 Å². The average molecular weight is 336 g/mol. The molecule has 0 saturated carbocycles. The lowest BCUT2D eigenvalue weighted by Gasteiger charge is -2.22. The van der Waals surface area contributed by atoms with E-state index in [1.807, 2.05) is 42.5 Å². The molecule has 0 atom stereocenters. The van der Waals surface area contributed by atoms with Crippen LogP contribution in [0.25, 0.3) is 0 Å². The van der Waals surface area contributed by atoms with Gasteiger partial charge >= 0.3 is 0 Å². The zero-order valence-electron chi connectivity index (χ0n) is 13.9. The number of hydrogen-bond acceptors (Lipinski definition) is 4. The highest BCUT2D eigenvalue weighted by atomic mass is 16.3. The molecule has 0 unspecified atom stereocenters. The van der Waals surface area contributed by atoms with Gasteiger partial charge in [-0.25, -0.2) is 0 Å². The number of H-pyrrole nitrogens is 1. The van der Waals surface area contributed by atoms with Crippen LogP contribution in [-0.2, 0) is 26.1 Å². The number of fused-ring (bicyclic) bond motifs is 1. The van der Waals surface area contributed by atoms with Gasteiger partial charge in [0.25, 0.3) is 5.91 Å². The van der Waals surface area contributed by atoms with Crippen molar-refractivity contribution in [2.24, 2.45) is 0 Å². The third kappa shape index (κ3) is 3.34. The molecule has 25 heavy (non-hydrogen) atoms. The first-order valence-corrected chi connectivity index (χ1v) is 8.43. The standard InChI is InChI=1S/C19H20N4O2/c24-19(18-16-11-20-9-8-17(16)21-22-18)23(13-15-7-4-10-25-15)12-14-5-2-1-3-6-14/h1-7,10,20H,8-9,11-13H2,(H,21,22). The molecule has 1 aliphatic heterocycles. The van der Waals surface area contributed by atoms with E-state index in [2.05, 4.69) is 15.5 Å². The van der Waals surface area contributed by atoms with Gasteiger partial charge in [-0.05, 0) is 17.7 Å². The lowest BCUT2D eigenvalue weighted by molar-refractivity contribution is 0.0710. The fraction of sp³-hybridized carbons (Fsp3) is 0.263. The number of aromatic nitrogens is 2. The van der Waals surface area contributed by atoms with Crippen molar-refractivity contribution in [1.29, 1.82) is 0 Å². The Morgan fingerprint density at radius 3 is 2.84 bits per heavy atom. The van der Waals surface area contributed by atoms with Gasteiger partial charge in [-0.15, -0.1) is 0 Å². The van der Waals surface area contributed by atoms with E-state index in [0.29, 0.717) is 25.3 Å². The van der Waals surface area contributed by atoms with Crippen molar-refractivity contribution in [2.75, 3.05) is 6.54 Å². The molecule has 6 heteroatoms. The summed E-state index contributed by atoms with van der Waals surface area (Å²) in [6.45, 7) is 2.50. The lowest BCUT2D eigenvalue weighted by Crippen LogP contribution is -2.32. The quantitative estimate of drug-likeness (QED) is 0.751. The molecule has 1 aromatic carbocycles. The first-order valence-electron chi connectivity index (χ1n) is 8.43. The molecule has 4 rings (SSSR count). The Morgan fingerprint density at radius 2 is 2.04 bits per heavy atom. The van der Waals surface area contributed by atoms with E-state index in [0.717, 1.165) is 35.5 Å². The monoisotopic (exact) mass is 336 g/mol. The van der Waals surface area contributed by atoms with E-state index in [1.165, 1.54) is 0 Å². The Labute approximate surface area is 145 Å². The van der Waals surface area contributed by atoms with Gasteiger partial charge in [-0.1, -0.05) is 30.3 Å². The summed E-state index contributed by atoms with van der Waals surface area (Å²) in [5, 5.41) is 10.6. The Balaban J connectivity index is 1.62. The normalized spacial score (nSPS) is 13.4. The molecule has 0 bridgehead atoms. The summed E-state index contributed by atoms with van der Waals surface area (Å²) in [5.74, 6) is 0.674. The van der Waals surface area contributed by atoms with Crippen molar-refractivity contribution in [1.82, 2.24) is 20.4 Å². The van der Waals surface area contributed by atoms with Crippen LogP contribution in [0, 0.1) is 0 Å². The van der Waals surface area contributed by atoms with E-state index in [-0.39, 0.29) is 5.91 Å². The summed E-state index contributed by atoms with van der Waals surface area (Å²) >= 11 is 0. The average Bonchev–Trinajstić information content (AvgIpc) is 3.31. The number of carbonyl (C=O) groups is 1. The van der Waals surface area contributed by atoms with Crippen molar-refractivity contribution in [2.45, 2.75) is 26.1 Å². The van der Waals surface area contributed by atoms with Crippen LogP contribution in [0.5, 0.6) is 0 Å². The highest BCUT2D eigenvalue weighted by Crippen LogP contribution is 2.20. The predicted octanol–water partition coefficient (Wildman–Crippen LogP) is 2.49. The summed E-state index contributed by atoms with van der Waals surface area (Å²) in [5.41, 5.74) is 3.61. The first kappa shape index (κ1) is 15.7. The largest absolute Gasteiger partial charge is 0.467 e. The minimum atomic E-state index is -0.0820. The minimum Gasteiger partial charge on any atom is -0.467 e. The second-order valence-electron chi connectivity index (χ2n) is 6.18. The number of carbonyl (C=O) groups excluding carboxylic acids is 1. The minimum absolute atomic E-state index is 0.0820. The zero-order chi connectivity index (χ0) is 17.1. The number of nitrogens with one attached hydrogen (secondary N) is 2. The van der Waals surface area contributed by atoms with Gasteiger partial charge in [0, 0.05) is 37.3 Å². The molecule has 3 aromatic rings. The molecule has 0 saturated heterocycles. The van der Waals surface area contributed by atoms with Crippen molar-refractivity contribution < 1.29 is 9.21 Å². The van der Waals surface area contributed by atoms with E-state index < -0.39 is 0 Å². The van der Waals surface area contributed by atoms with Gasteiger partial charge in [0.15, 0.2) is 5.69 Å². The Bertz CT molecular complexity index is 840. The number of rotatable bonds is 5. The smallest absolute Gasteiger partial charge is 0.275 e. The zero-order valence-corrected chi connectivity index (χ0v) is 13.9. The maximum absolute atomic E-state index is 13.2. The molecule has 2 N–H and O–H groups in total. The van der Waals surface area contributed by atoms with Gasteiger partial charge in [0.1, 0.15) is 5.76 Å². The fourth-order valence-corrected chi connectivity index (χ4v) is 3.15. The number of amides is 1. The molecule has 2 aromatic heterocycles. The molecule has 0 spiro atoms. The topological polar surface area (TPSA) is 74.2 Å². The van der Waals surface area contributed by atoms with Crippen LogP contribution in [-0.4, -0.2) is 27.5 Å². The Kier molecular flexibility index (Phi) is 4.35. The Hall–Kier alpha value is -2.86. The molecule has 3 heterocycles. The van der Waals surface area contributed by atoms with Gasteiger partial charge in [0.2, 0.25) is 0 Å². The highest BCUT2D eigenvalue weighted by molar-refractivity contribution is 5.94. The fourth-order valence-electron chi connectivity index (χ4n) is 3.15. The first-order chi connectivity index (χ1) is 12.3. The molecule has 1 aliphatic rings. The summed E-state index contributed by atoms with van der Waals surface area (Å²) in [4.78, 5) is 15.0. The van der Waals surface area contributed by atoms with Crippen LogP contribution in [0.4, 0.5) is 0 Å². The van der Waals surface area contributed by atoms with Crippen LogP contribution < -0.4 is 5.32 Å². The van der Waals surface area contributed by atoms with Gasteiger partial charge in [-0.2, -0.15) is 5.10 Å². The molecule has 0 aliphatic carbocycles. The summed E-state index contributed by atoms with van der Waals surface area (Å²) in [6, 6.07) is 13.7. The summed E-state index contributed by atoms with van der Waals surface area (Å²) < 4.78 is 5.45. The Morgan fingerprint density at radius 1 is 1.16 bits per heavy atom. The van der Waals surface area contributed by atoms with Gasteiger partial charge in [-0.3, -0.25) is 9.89 Å². The second-order valence-corrected chi connectivity index (χ2v) is 6.18. The van der Waals surface area contributed by atoms with Crippen LogP contribution in [0.15, 0.2) is 53.1 Å². The third-order valence-electron chi connectivity index (χ3n) is 4.44. The molecule has 0 fully saturated rings. The van der Waals surface area contributed by atoms with E-state index in [9.17, 15) is 4.79 Å². The molecule has 6 nitrogen and oxygen atoms in total. The highest BCUT2D eigenvalue weighted by Gasteiger charge is 2.26. The van der Waals surface area contributed by atoms with Crippen LogP contribution >= 0.6 is 0 Å². The van der Waals surface area contributed by atoms with Crippen LogP contribution in [0.3, 0.4) is 0 Å². The molecule has 128 valence electrons. The van der Waals surface area contributed by atoms with Gasteiger partial charge < -0.3 is 14.6 Å². The van der Waals surface area contributed by atoms with Crippen molar-refractivity contribution in [3.05, 3.63) is 77.0 Å². The van der Waals surface area contributed by atoms with Crippen molar-refractivity contribution in [3.63, 3.8) is 0 Å². The van der Waals surface area contributed by atoms with Gasteiger partial charge in [0.05, 0.1) is 12.8 Å².